The average molecular weight is 261 g/mol. The van der Waals surface area contributed by atoms with E-state index in [2.05, 4.69) is 9.84 Å². The molecule has 0 unspecified atom stereocenters. The molecule has 0 aliphatic carbocycles. The molecule has 0 atom stereocenters. The van der Waals surface area contributed by atoms with Crippen molar-refractivity contribution in [3.8, 4) is 5.88 Å². The molecule has 0 aliphatic rings. The summed E-state index contributed by atoms with van der Waals surface area (Å²) in [6, 6.07) is 0.292. The summed E-state index contributed by atoms with van der Waals surface area (Å²) >= 11 is 4.73. The summed E-state index contributed by atoms with van der Waals surface area (Å²) in [6.45, 7) is 0.0641. The highest BCUT2D eigenvalue weighted by Crippen LogP contribution is 2.34. The fourth-order valence-corrected chi connectivity index (χ4v) is 1.16. The molecule has 1 rings (SSSR count). The third kappa shape index (κ3) is 3.01. The zero-order valence-corrected chi connectivity index (χ0v) is 9.18. The van der Waals surface area contributed by atoms with E-state index in [-0.39, 0.29) is 0 Å². The molecule has 92 valence electrons. The van der Waals surface area contributed by atoms with E-state index in [9.17, 15) is 17.6 Å². The SMILES string of the molecule is CC(C)n1nc(C(F)(F)Cl)cc1OC(F)F. The molecule has 0 radical (unpaired) electrons. The Morgan fingerprint density at radius 1 is 1.44 bits per heavy atom. The Bertz CT molecular complexity index is 361. The largest absolute Gasteiger partial charge is 0.417 e. The third-order valence-electron chi connectivity index (χ3n) is 1.69. The third-order valence-corrected chi connectivity index (χ3v) is 1.88. The first kappa shape index (κ1) is 13.1. The molecule has 0 spiro atoms. The topological polar surface area (TPSA) is 27.1 Å². The van der Waals surface area contributed by atoms with Gasteiger partial charge in [-0.15, -0.1) is 0 Å². The van der Waals surface area contributed by atoms with Gasteiger partial charge in [0.05, 0.1) is 6.04 Å². The van der Waals surface area contributed by atoms with E-state index < -0.39 is 29.6 Å². The smallest absolute Gasteiger partial charge is 0.388 e. The van der Waals surface area contributed by atoms with Crippen LogP contribution in [0, 0.1) is 0 Å². The predicted molar refractivity (Wildman–Crippen MR) is 49.0 cm³/mol. The van der Waals surface area contributed by atoms with Crippen molar-refractivity contribution in [2.24, 2.45) is 0 Å². The van der Waals surface area contributed by atoms with Crippen LogP contribution in [0.2, 0.25) is 0 Å². The lowest BCUT2D eigenvalue weighted by atomic mass is 10.4. The van der Waals surface area contributed by atoms with Crippen LogP contribution in [0.4, 0.5) is 17.6 Å². The molecule has 0 saturated carbocycles. The number of alkyl halides is 5. The Morgan fingerprint density at radius 2 is 2.00 bits per heavy atom. The Hall–Kier alpha value is -0.980. The van der Waals surface area contributed by atoms with Gasteiger partial charge in [-0.25, -0.2) is 4.68 Å². The molecule has 0 amide bonds. The summed E-state index contributed by atoms with van der Waals surface area (Å²) < 4.78 is 54.3. The number of hydrogen-bond acceptors (Lipinski definition) is 2. The number of nitrogens with zero attached hydrogens (tertiary/aromatic N) is 2. The first-order chi connectivity index (χ1) is 7.21. The standard InChI is InChI=1S/C8H9ClF4N2O/c1-4(2)15-6(16-7(10)11)3-5(14-15)8(9,12)13/h3-4,7H,1-2H3. The molecule has 0 aromatic carbocycles. The number of aromatic nitrogens is 2. The molecule has 1 heterocycles. The second-order valence-corrected chi connectivity index (χ2v) is 3.76. The minimum atomic E-state index is -3.71. The van der Waals surface area contributed by atoms with Gasteiger partial charge >= 0.3 is 12.0 Å². The molecule has 16 heavy (non-hydrogen) atoms. The molecule has 1 aromatic rings. The van der Waals surface area contributed by atoms with E-state index in [0.717, 1.165) is 4.68 Å². The monoisotopic (exact) mass is 260 g/mol. The fraction of sp³-hybridized carbons (Fsp3) is 0.625. The van der Waals surface area contributed by atoms with Crippen LogP contribution < -0.4 is 4.74 Å². The first-order valence-electron chi connectivity index (χ1n) is 4.33. The van der Waals surface area contributed by atoms with Crippen LogP contribution in [0.5, 0.6) is 5.88 Å². The van der Waals surface area contributed by atoms with Gasteiger partial charge in [-0.2, -0.15) is 22.7 Å². The zero-order chi connectivity index (χ0) is 12.5. The van der Waals surface area contributed by atoms with E-state index in [1.807, 2.05) is 0 Å². The summed E-state index contributed by atoms with van der Waals surface area (Å²) in [6.07, 6.45) is 0. The van der Waals surface area contributed by atoms with Crippen molar-refractivity contribution in [3.63, 3.8) is 0 Å². The normalized spacial score (nSPS) is 12.6. The van der Waals surface area contributed by atoms with Crippen molar-refractivity contribution >= 4 is 11.6 Å². The second-order valence-electron chi connectivity index (χ2n) is 3.28. The molecule has 8 heteroatoms. The fourth-order valence-electron chi connectivity index (χ4n) is 1.07. The molecule has 1 aromatic heterocycles. The lowest BCUT2D eigenvalue weighted by Crippen LogP contribution is -2.11. The van der Waals surface area contributed by atoms with Gasteiger partial charge in [0, 0.05) is 6.07 Å². The summed E-state index contributed by atoms with van der Waals surface area (Å²) in [4.78, 5) is 0. The lowest BCUT2D eigenvalue weighted by Gasteiger charge is -2.10. The van der Waals surface area contributed by atoms with Gasteiger partial charge in [0.2, 0.25) is 5.88 Å². The van der Waals surface area contributed by atoms with Crippen LogP contribution in [-0.4, -0.2) is 16.4 Å². The maximum Gasteiger partial charge on any atom is 0.388 e. The number of hydrogen-bond donors (Lipinski definition) is 0. The summed E-state index contributed by atoms with van der Waals surface area (Å²) in [7, 11) is 0. The maximum absolute atomic E-state index is 12.7. The molecule has 0 fully saturated rings. The van der Waals surface area contributed by atoms with Gasteiger partial charge in [0.1, 0.15) is 0 Å². The van der Waals surface area contributed by atoms with Gasteiger partial charge in [-0.3, -0.25) is 0 Å². The number of halogens is 5. The van der Waals surface area contributed by atoms with Crippen molar-refractivity contribution in [1.82, 2.24) is 9.78 Å². The van der Waals surface area contributed by atoms with E-state index in [4.69, 9.17) is 11.6 Å². The van der Waals surface area contributed by atoms with Gasteiger partial charge in [0.25, 0.3) is 0 Å². The van der Waals surface area contributed by atoms with Gasteiger partial charge in [-0.1, -0.05) is 0 Å². The molecule has 0 N–H and O–H groups in total. The van der Waals surface area contributed by atoms with Crippen LogP contribution in [0.1, 0.15) is 25.6 Å². The first-order valence-corrected chi connectivity index (χ1v) is 4.71. The Kier molecular flexibility index (Phi) is 3.67. The van der Waals surface area contributed by atoms with Gasteiger partial charge in [-0.05, 0) is 25.4 Å². The van der Waals surface area contributed by atoms with E-state index in [0.29, 0.717) is 6.07 Å². The Morgan fingerprint density at radius 3 is 2.38 bits per heavy atom. The van der Waals surface area contributed by atoms with Crippen molar-refractivity contribution in [2.45, 2.75) is 31.9 Å². The van der Waals surface area contributed by atoms with Crippen LogP contribution in [0.25, 0.3) is 0 Å². The van der Waals surface area contributed by atoms with Crippen molar-refractivity contribution in [2.75, 3.05) is 0 Å². The summed E-state index contributed by atoms with van der Waals surface area (Å²) in [5, 5.41) is -0.298. The molecule has 0 bridgehead atoms. The van der Waals surface area contributed by atoms with Gasteiger partial charge in [0.15, 0.2) is 5.69 Å². The number of ether oxygens (including phenoxy) is 1. The highest BCUT2D eigenvalue weighted by Gasteiger charge is 2.33. The van der Waals surface area contributed by atoms with Gasteiger partial charge < -0.3 is 4.74 Å². The minimum absolute atomic E-state index is 0.401. The van der Waals surface area contributed by atoms with Crippen LogP contribution in [0.3, 0.4) is 0 Å². The summed E-state index contributed by atoms with van der Waals surface area (Å²) in [5.74, 6) is -0.444. The van der Waals surface area contributed by atoms with Crippen molar-refractivity contribution in [1.29, 1.82) is 0 Å². The van der Waals surface area contributed by atoms with Crippen LogP contribution >= 0.6 is 11.6 Å². The van der Waals surface area contributed by atoms with Crippen LogP contribution in [-0.2, 0) is 5.38 Å². The molecular weight excluding hydrogens is 252 g/mol. The molecule has 3 nitrogen and oxygen atoms in total. The highest BCUT2D eigenvalue weighted by atomic mass is 35.5. The second kappa shape index (κ2) is 4.48. The highest BCUT2D eigenvalue weighted by molar-refractivity contribution is 6.21. The van der Waals surface area contributed by atoms with Crippen molar-refractivity contribution < 1.29 is 22.3 Å². The maximum atomic E-state index is 12.7. The Labute approximate surface area is 93.9 Å². The van der Waals surface area contributed by atoms with Crippen molar-refractivity contribution in [3.05, 3.63) is 11.8 Å². The average Bonchev–Trinajstić information content (AvgIpc) is 2.45. The van der Waals surface area contributed by atoms with Crippen LogP contribution in [0.15, 0.2) is 6.07 Å². The summed E-state index contributed by atoms with van der Waals surface area (Å²) in [5.41, 5.74) is -0.821. The molecular formula is C8H9ClF4N2O. The zero-order valence-electron chi connectivity index (χ0n) is 8.42. The van der Waals surface area contributed by atoms with E-state index >= 15 is 0 Å². The molecule has 0 aliphatic heterocycles. The lowest BCUT2D eigenvalue weighted by molar-refractivity contribution is -0.0563. The number of rotatable bonds is 4. The van der Waals surface area contributed by atoms with E-state index in [1.165, 1.54) is 0 Å². The minimum Gasteiger partial charge on any atom is -0.417 e. The molecule has 0 saturated heterocycles. The predicted octanol–water partition coefficient (Wildman–Crippen LogP) is 3.35. The Balaban J connectivity index is 3.10. The van der Waals surface area contributed by atoms with E-state index in [1.54, 1.807) is 13.8 Å². The quantitative estimate of drug-likeness (QED) is 0.613.